The molecule has 1 heterocycles. The molecule has 0 aliphatic heterocycles. The van der Waals surface area contributed by atoms with Gasteiger partial charge in [0.1, 0.15) is 0 Å². The molecular formula is C50H32N2. The number of fused-ring (bicyclic) bond motifs is 5. The third kappa shape index (κ3) is 5.04. The van der Waals surface area contributed by atoms with Gasteiger partial charge in [0, 0.05) is 16.7 Å². The number of hydrogen-bond donors (Lipinski definition) is 0. The second-order valence-electron chi connectivity index (χ2n) is 13.3. The molecule has 0 bridgehead atoms. The van der Waals surface area contributed by atoms with E-state index >= 15 is 0 Å². The molecule has 0 fully saturated rings. The van der Waals surface area contributed by atoms with Gasteiger partial charge in [-0.1, -0.05) is 182 Å². The van der Waals surface area contributed by atoms with Crippen LogP contribution in [0.3, 0.4) is 0 Å². The van der Waals surface area contributed by atoms with E-state index in [1.54, 1.807) is 0 Å². The Balaban J connectivity index is 1.31. The van der Waals surface area contributed by atoms with Crippen molar-refractivity contribution in [1.82, 2.24) is 9.97 Å². The minimum Gasteiger partial charge on any atom is -0.228 e. The molecule has 52 heavy (non-hydrogen) atoms. The first kappa shape index (κ1) is 30.0. The molecule has 0 saturated heterocycles. The zero-order valence-corrected chi connectivity index (χ0v) is 28.4. The zero-order valence-electron chi connectivity index (χ0n) is 28.4. The maximum atomic E-state index is 5.41. The van der Waals surface area contributed by atoms with Crippen LogP contribution in [0.15, 0.2) is 194 Å². The summed E-state index contributed by atoms with van der Waals surface area (Å²) in [6.45, 7) is 0. The van der Waals surface area contributed by atoms with Crippen LogP contribution in [0.1, 0.15) is 0 Å². The van der Waals surface area contributed by atoms with Gasteiger partial charge < -0.3 is 0 Å². The van der Waals surface area contributed by atoms with Crippen LogP contribution in [0.25, 0.3) is 99.2 Å². The molecule has 0 aliphatic carbocycles. The molecule has 2 nitrogen and oxygen atoms in total. The Bertz CT molecular complexity index is 2950. The van der Waals surface area contributed by atoms with E-state index in [-0.39, 0.29) is 0 Å². The molecule has 10 rings (SSSR count). The quantitative estimate of drug-likeness (QED) is 0.136. The molecule has 242 valence electrons. The maximum absolute atomic E-state index is 5.41. The summed E-state index contributed by atoms with van der Waals surface area (Å²) in [7, 11) is 0. The molecule has 0 N–H and O–H groups in total. The highest BCUT2D eigenvalue weighted by molar-refractivity contribution is 6.27. The van der Waals surface area contributed by atoms with E-state index < -0.39 is 0 Å². The lowest BCUT2D eigenvalue weighted by Gasteiger charge is -2.20. The number of rotatable bonds is 5. The molecule has 0 amide bonds. The highest BCUT2D eigenvalue weighted by Gasteiger charge is 2.21. The van der Waals surface area contributed by atoms with Crippen LogP contribution in [0.5, 0.6) is 0 Å². The Morgan fingerprint density at radius 2 is 0.846 bits per heavy atom. The second kappa shape index (κ2) is 12.5. The van der Waals surface area contributed by atoms with Gasteiger partial charge in [0.25, 0.3) is 0 Å². The van der Waals surface area contributed by atoms with Gasteiger partial charge >= 0.3 is 0 Å². The van der Waals surface area contributed by atoms with Crippen molar-refractivity contribution in [3.63, 3.8) is 0 Å². The summed E-state index contributed by atoms with van der Waals surface area (Å²) in [5.74, 6) is 0.701. The number of nitrogens with zero attached hydrogens (tertiary/aromatic N) is 2. The van der Waals surface area contributed by atoms with E-state index in [1.807, 2.05) is 6.07 Å². The summed E-state index contributed by atoms with van der Waals surface area (Å²) in [5.41, 5.74) is 9.68. The van der Waals surface area contributed by atoms with Crippen molar-refractivity contribution in [2.45, 2.75) is 0 Å². The Hall–Kier alpha value is -6.90. The fraction of sp³-hybridized carbons (Fsp3) is 0. The summed E-state index contributed by atoms with van der Waals surface area (Å²) in [6, 6.07) is 69.3. The molecule has 9 aromatic carbocycles. The average molecular weight is 661 g/mol. The van der Waals surface area contributed by atoms with E-state index in [0.29, 0.717) is 5.82 Å². The van der Waals surface area contributed by atoms with Gasteiger partial charge in [0.05, 0.1) is 11.4 Å². The molecule has 0 atom stereocenters. The van der Waals surface area contributed by atoms with Crippen molar-refractivity contribution < 1.29 is 0 Å². The molecule has 0 saturated carbocycles. The normalized spacial score (nSPS) is 11.5. The largest absolute Gasteiger partial charge is 0.228 e. The van der Waals surface area contributed by atoms with Gasteiger partial charge in [-0.3, -0.25) is 0 Å². The van der Waals surface area contributed by atoms with Crippen LogP contribution in [0.4, 0.5) is 0 Å². The SMILES string of the molecule is c1ccc(-c2nc(-c3ccccc3-c3ccc4ccccc4c3)cc(-c3c4ccccc4c(-c4ccccc4)c4c3ccc3ccccc34)n2)cc1. The van der Waals surface area contributed by atoms with Crippen molar-refractivity contribution in [1.29, 1.82) is 0 Å². The van der Waals surface area contributed by atoms with Gasteiger partial charge in [0.2, 0.25) is 0 Å². The Labute approximate surface area is 302 Å². The summed E-state index contributed by atoms with van der Waals surface area (Å²) >= 11 is 0. The summed E-state index contributed by atoms with van der Waals surface area (Å²) < 4.78 is 0. The maximum Gasteiger partial charge on any atom is 0.160 e. The fourth-order valence-electron chi connectivity index (χ4n) is 7.87. The second-order valence-corrected chi connectivity index (χ2v) is 13.3. The molecule has 2 heteroatoms. The van der Waals surface area contributed by atoms with Crippen LogP contribution < -0.4 is 0 Å². The fourth-order valence-corrected chi connectivity index (χ4v) is 7.87. The van der Waals surface area contributed by atoms with E-state index in [0.717, 1.165) is 44.6 Å². The van der Waals surface area contributed by atoms with E-state index in [2.05, 4.69) is 188 Å². The molecule has 0 unspecified atom stereocenters. The van der Waals surface area contributed by atoms with Gasteiger partial charge in [0.15, 0.2) is 5.82 Å². The smallest absolute Gasteiger partial charge is 0.160 e. The lowest BCUT2D eigenvalue weighted by atomic mass is 9.85. The first-order valence-electron chi connectivity index (χ1n) is 17.8. The van der Waals surface area contributed by atoms with Gasteiger partial charge in [-0.05, 0) is 77.5 Å². The van der Waals surface area contributed by atoms with Crippen LogP contribution in [0.2, 0.25) is 0 Å². The molecule has 1 aromatic heterocycles. The number of hydrogen-bond acceptors (Lipinski definition) is 2. The van der Waals surface area contributed by atoms with Crippen molar-refractivity contribution in [2.24, 2.45) is 0 Å². The predicted molar refractivity (Wildman–Crippen MR) is 219 cm³/mol. The third-order valence-corrected chi connectivity index (χ3v) is 10.3. The van der Waals surface area contributed by atoms with Gasteiger partial charge in [-0.2, -0.15) is 0 Å². The summed E-state index contributed by atoms with van der Waals surface area (Å²) in [4.78, 5) is 10.7. The van der Waals surface area contributed by atoms with Crippen molar-refractivity contribution >= 4 is 43.1 Å². The van der Waals surface area contributed by atoms with Crippen LogP contribution in [-0.2, 0) is 0 Å². The molecular weight excluding hydrogens is 629 g/mol. The summed E-state index contributed by atoms with van der Waals surface area (Å²) in [5, 5.41) is 9.65. The first-order valence-corrected chi connectivity index (χ1v) is 17.8. The van der Waals surface area contributed by atoms with Gasteiger partial charge in [-0.15, -0.1) is 0 Å². The number of aromatic nitrogens is 2. The highest BCUT2D eigenvalue weighted by Crippen LogP contribution is 2.46. The standard InChI is InChI=1S/C50H32N2/c1-3-17-35(18-4-1)47-42-25-13-14-26-43(42)48(44-30-29-34-16-9-10-23-40(34)49(44)47)46-32-45(51-50(52-46)36-19-5-2-6-20-36)41-24-12-11-22-39(41)38-28-27-33-15-7-8-21-37(33)31-38/h1-32H. The predicted octanol–water partition coefficient (Wildman–Crippen LogP) is 13.4. The topological polar surface area (TPSA) is 25.8 Å². The van der Waals surface area contributed by atoms with E-state index in [4.69, 9.17) is 9.97 Å². The van der Waals surface area contributed by atoms with Crippen LogP contribution >= 0.6 is 0 Å². The lowest BCUT2D eigenvalue weighted by molar-refractivity contribution is 1.19. The van der Waals surface area contributed by atoms with Crippen molar-refractivity contribution in [2.75, 3.05) is 0 Å². The van der Waals surface area contributed by atoms with E-state index in [9.17, 15) is 0 Å². The Kier molecular flexibility index (Phi) is 7.18. The van der Waals surface area contributed by atoms with Crippen molar-refractivity contribution in [3.05, 3.63) is 194 Å². The van der Waals surface area contributed by atoms with Crippen molar-refractivity contribution in [3.8, 4) is 56.2 Å². The minimum atomic E-state index is 0.701. The first-order chi connectivity index (χ1) is 25.8. The van der Waals surface area contributed by atoms with E-state index in [1.165, 1.54) is 48.8 Å². The van der Waals surface area contributed by atoms with Crippen LogP contribution in [-0.4, -0.2) is 9.97 Å². The minimum absolute atomic E-state index is 0.701. The lowest BCUT2D eigenvalue weighted by Crippen LogP contribution is -1.99. The summed E-state index contributed by atoms with van der Waals surface area (Å²) in [6.07, 6.45) is 0. The Morgan fingerprint density at radius 3 is 1.62 bits per heavy atom. The zero-order chi connectivity index (χ0) is 34.4. The highest BCUT2D eigenvalue weighted by atomic mass is 14.9. The monoisotopic (exact) mass is 660 g/mol. The molecule has 0 radical (unpaired) electrons. The molecule has 10 aromatic rings. The third-order valence-electron chi connectivity index (χ3n) is 10.3. The molecule has 0 aliphatic rings. The molecule has 0 spiro atoms. The van der Waals surface area contributed by atoms with Gasteiger partial charge in [-0.25, -0.2) is 9.97 Å². The Morgan fingerprint density at radius 1 is 0.288 bits per heavy atom. The average Bonchev–Trinajstić information content (AvgIpc) is 3.23. The number of benzene rings is 9. The van der Waals surface area contributed by atoms with Crippen LogP contribution in [0, 0.1) is 0 Å².